The molecule has 0 N–H and O–H groups in total. The van der Waals surface area contributed by atoms with E-state index in [4.69, 9.17) is 0 Å². The third-order valence-corrected chi connectivity index (χ3v) is 2.54. The fourth-order valence-corrected chi connectivity index (χ4v) is 1.91. The molecule has 2 rings (SSSR count). The minimum Gasteiger partial charge on any atom is -0.291 e. The van der Waals surface area contributed by atoms with Crippen LogP contribution in [0.1, 0.15) is 16.7 Å². The summed E-state index contributed by atoms with van der Waals surface area (Å²) in [6.07, 6.45) is 1.97. The summed E-state index contributed by atoms with van der Waals surface area (Å²) in [5.74, 6) is 0. The maximum Gasteiger partial charge on any atom is 0.0243 e. The lowest BCUT2D eigenvalue weighted by Gasteiger charge is -2.10. The molecule has 0 radical (unpaired) electrons. The zero-order chi connectivity index (χ0) is 9.26. The minimum atomic E-state index is 0.994. The van der Waals surface area contributed by atoms with E-state index in [2.05, 4.69) is 36.6 Å². The summed E-state index contributed by atoms with van der Waals surface area (Å²) in [5.41, 5.74) is 4.33. The van der Waals surface area contributed by atoms with Gasteiger partial charge in [-0.15, -0.1) is 6.58 Å². The van der Waals surface area contributed by atoms with Crippen LogP contribution in [0.3, 0.4) is 0 Å². The molecule has 0 amide bonds. The van der Waals surface area contributed by atoms with Crippen LogP contribution in [0.4, 0.5) is 0 Å². The van der Waals surface area contributed by atoms with Crippen molar-refractivity contribution in [2.24, 2.45) is 0 Å². The van der Waals surface area contributed by atoms with Crippen molar-refractivity contribution < 1.29 is 0 Å². The first-order valence-electron chi connectivity index (χ1n) is 4.71. The van der Waals surface area contributed by atoms with Crippen molar-refractivity contribution in [3.8, 4) is 0 Å². The molecule has 0 unspecified atom stereocenters. The van der Waals surface area contributed by atoms with Crippen LogP contribution in [0.25, 0.3) is 0 Å². The van der Waals surface area contributed by atoms with E-state index in [1.54, 1.807) is 0 Å². The number of nitrogens with zero attached hydrogens (tertiary/aromatic N) is 1. The van der Waals surface area contributed by atoms with Crippen molar-refractivity contribution in [2.75, 3.05) is 6.54 Å². The molecule has 0 fully saturated rings. The maximum atomic E-state index is 3.76. The Morgan fingerprint density at radius 2 is 2.15 bits per heavy atom. The number of fused-ring (bicyclic) bond motifs is 1. The van der Waals surface area contributed by atoms with E-state index in [0.717, 1.165) is 19.6 Å². The average molecular weight is 173 g/mol. The maximum absolute atomic E-state index is 3.76. The second-order valence-electron chi connectivity index (χ2n) is 3.73. The van der Waals surface area contributed by atoms with Gasteiger partial charge in [0.05, 0.1) is 0 Å². The molecule has 1 aromatic carbocycles. The zero-order valence-electron chi connectivity index (χ0n) is 8.09. The van der Waals surface area contributed by atoms with Crippen molar-refractivity contribution >= 4 is 0 Å². The van der Waals surface area contributed by atoms with Gasteiger partial charge in [-0.25, -0.2) is 0 Å². The van der Waals surface area contributed by atoms with Crippen LogP contribution in [0.15, 0.2) is 30.9 Å². The molecule has 13 heavy (non-hydrogen) atoms. The van der Waals surface area contributed by atoms with Crippen molar-refractivity contribution in [2.45, 2.75) is 20.0 Å². The number of hydrogen-bond acceptors (Lipinski definition) is 1. The van der Waals surface area contributed by atoms with E-state index in [-0.39, 0.29) is 0 Å². The molecule has 0 atom stereocenters. The van der Waals surface area contributed by atoms with Gasteiger partial charge >= 0.3 is 0 Å². The average Bonchev–Trinajstić information content (AvgIpc) is 2.46. The van der Waals surface area contributed by atoms with Gasteiger partial charge in [0, 0.05) is 19.6 Å². The fourth-order valence-electron chi connectivity index (χ4n) is 1.91. The molecule has 1 aliphatic rings. The highest BCUT2D eigenvalue weighted by Gasteiger charge is 2.16. The summed E-state index contributed by atoms with van der Waals surface area (Å²) in [5, 5.41) is 0. The molecule has 1 aromatic rings. The van der Waals surface area contributed by atoms with Crippen LogP contribution in [-0.4, -0.2) is 11.4 Å². The lowest BCUT2D eigenvalue weighted by atomic mass is 10.1. The van der Waals surface area contributed by atoms with Crippen molar-refractivity contribution in [3.63, 3.8) is 0 Å². The summed E-state index contributed by atoms with van der Waals surface area (Å²) in [4.78, 5) is 2.40. The number of rotatable bonds is 2. The smallest absolute Gasteiger partial charge is 0.0243 e. The highest BCUT2D eigenvalue weighted by Crippen LogP contribution is 2.23. The monoisotopic (exact) mass is 173 g/mol. The van der Waals surface area contributed by atoms with Gasteiger partial charge in [0.25, 0.3) is 0 Å². The van der Waals surface area contributed by atoms with E-state index in [9.17, 15) is 0 Å². The SMILES string of the molecule is C=CCN1Cc2ccc(C)cc2C1. The van der Waals surface area contributed by atoms with E-state index in [1.807, 2.05) is 6.08 Å². The lowest BCUT2D eigenvalue weighted by molar-refractivity contribution is 0.317. The van der Waals surface area contributed by atoms with E-state index in [0.29, 0.717) is 0 Å². The topological polar surface area (TPSA) is 3.24 Å². The normalized spacial score (nSPS) is 15.8. The van der Waals surface area contributed by atoms with Gasteiger partial charge in [0.2, 0.25) is 0 Å². The van der Waals surface area contributed by atoms with Gasteiger partial charge in [0.15, 0.2) is 0 Å². The number of benzene rings is 1. The molecule has 1 heterocycles. The molecule has 0 aliphatic carbocycles. The first-order chi connectivity index (χ1) is 6.29. The van der Waals surface area contributed by atoms with E-state index >= 15 is 0 Å². The fraction of sp³-hybridized carbons (Fsp3) is 0.333. The van der Waals surface area contributed by atoms with Crippen molar-refractivity contribution in [1.29, 1.82) is 0 Å². The first kappa shape index (κ1) is 8.52. The molecule has 0 aromatic heterocycles. The Kier molecular flexibility index (Phi) is 2.19. The third kappa shape index (κ3) is 1.65. The van der Waals surface area contributed by atoms with E-state index in [1.165, 1.54) is 16.7 Å². The number of aryl methyl sites for hydroxylation is 1. The van der Waals surface area contributed by atoms with Crippen LogP contribution < -0.4 is 0 Å². The Morgan fingerprint density at radius 1 is 1.38 bits per heavy atom. The summed E-state index contributed by atoms with van der Waals surface area (Å²) in [7, 11) is 0. The highest BCUT2D eigenvalue weighted by molar-refractivity contribution is 5.34. The van der Waals surface area contributed by atoms with Gasteiger partial charge < -0.3 is 0 Å². The molecular formula is C12H15N. The molecular weight excluding hydrogens is 158 g/mol. The summed E-state index contributed by atoms with van der Waals surface area (Å²) >= 11 is 0. The molecule has 1 nitrogen and oxygen atoms in total. The predicted molar refractivity (Wildman–Crippen MR) is 55.5 cm³/mol. The van der Waals surface area contributed by atoms with Crippen LogP contribution >= 0.6 is 0 Å². The van der Waals surface area contributed by atoms with Crippen molar-refractivity contribution in [1.82, 2.24) is 4.90 Å². The Morgan fingerprint density at radius 3 is 2.92 bits per heavy atom. The van der Waals surface area contributed by atoms with Crippen molar-refractivity contribution in [3.05, 3.63) is 47.5 Å². The molecule has 0 spiro atoms. The molecule has 0 bridgehead atoms. The number of hydrogen-bond donors (Lipinski definition) is 0. The standard InChI is InChI=1S/C12H15N/c1-3-6-13-8-11-5-4-10(2)7-12(11)9-13/h3-5,7H,1,6,8-9H2,2H3. The van der Waals surface area contributed by atoms with E-state index < -0.39 is 0 Å². The molecule has 1 heteroatoms. The summed E-state index contributed by atoms with van der Waals surface area (Å²) < 4.78 is 0. The zero-order valence-corrected chi connectivity index (χ0v) is 8.09. The second kappa shape index (κ2) is 3.35. The molecule has 68 valence electrons. The van der Waals surface area contributed by atoms with Crippen LogP contribution in [0, 0.1) is 6.92 Å². The highest BCUT2D eigenvalue weighted by atomic mass is 15.1. The largest absolute Gasteiger partial charge is 0.291 e. The van der Waals surface area contributed by atoms with Gasteiger partial charge in [-0.3, -0.25) is 4.90 Å². The summed E-state index contributed by atoms with van der Waals surface area (Å²) in [6, 6.07) is 6.72. The van der Waals surface area contributed by atoms with Gasteiger partial charge in [-0.1, -0.05) is 29.8 Å². The summed E-state index contributed by atoms with van der Waals surface area (Å²) in [6.45, 7) is 9.08. The molecule has 1 aliphatic heterocycles. The third-order valence-electron chi connectivity index (χ3n) is 2.54. The molecule has 0 saturated carbocycles. The lowest BCUT2D eigenvalue weighted by Crippen LogP contribution is -2.15. The quantitative estimate of drug-likeness (QED) is 0.621. The van der Waals surface area contributed by atoms with Crippen LogP contribution in [0.2, 0.25) is 0 Å². The van der Waals surface area contributed by atoms with Crippen LogP contribution in [-0.2, 0) is 13.1 Å². The van der Waals surface area contributed by atoms with Gasteiger partial charge in [-0.2, -0.15) is 0 Å². The van der Waals surface area contributed by atoms with Gasteiger partial charge in [0.1, 0.15) is 0 Å². The predicted octanol–water partition coefficient (Wildman–Crippen LogP) is 2.50. The second-order valence-corrected chi connectivity index (χ2v) is 3.73. The van der Waals surface area contributed by atoms with Crippen LogP contribution in [0.5, 0.6) is 0 Å². The molecule has 0 saturated heterocycles. The first-order valence-corrected chi connectivity index (χ1v) is 4.71. The Balaban J connectivity index is 2.20. The Bertz CT molecular complexity index is 328. The van der Waals surface area contributed by atoms with Gasteiger partial charge in [-0.05, 0) is 18.1 Å². The Hall–Kier alpha value is -1.08. The minimum absolute atomic E-state index is 0.994. The Labute approximate surface area is 79.7 Å².